The summed E-state index contributed by atoms with van der Waals surface area (Å²) in [6.07, 6.45) is 1.65. The Hall–Kier alpha value is -1.55. The van der Waals surface area contributed by atoms with Crippen LogP contribution in [-0.4, -0.2) is 41.2 Å². The Morgan fingerprint density at radius 1 is 1.45 bits per heavy atom. The first-order valence-electron chi connectivity index (χ1n) is 7.12. The van der Waals surface area contributed by atoms with Crippen molar-refractivity contribution in [2.75, 3.05) is 19.7 Å². The largest absolute Gasteiger partial charge is 0.492 e. The average Bonchev–Trinajstić information content (AvgIpc) is 2.77. The summed E-state index contributed by atoms with van der Waals surface area (Å²) in [5, 5.41) is 9.36. The van der Waals surface area contributed by atoms with Gasteiger partial charge in [-0.3, -0.25) is 9.69 Å². The van der Waals surface area contributed by atoms with E-state index < -0.39 is 11.5 Å². The van der Waals surface area contributed by atoms with Crippen molar-refractivity contribution in [2.24, 2.45) is 0 Å². The minimum atomic E-state index is -0.735. The highest BCUT2D eigenvalue weighted by Gasteiger charge is 2.42. The highest BCUT2D eigenvalue weighted by atomic mass is 16.5. The second-order valence-corrected chi connectivity index (χ2v) is 5.79. The maximum absolute atomic E-state index is 11.4. The molecule has 110 valence electrons. The Balaban J connectivity index is 1.93. The second-order valence-electron chi connectivity index (χ2n) is 5.79. The quantitative estimate of drug-likeness (QED) is 0.899. The summed E-state index contributed by atoms with van der Waals surface area (Å²) in [6, 6.07) is 6.13. The molecule has 1 saturated heterocycles. The highest BCUT2D eigenvalue weighted by molar-refractivity contribution is 5.78. The Kier molecular flexibility index (Phi) is 4.33. The zero-order valence-corrected chi connectivity index (χ0v) is 12.5. The molecule has 0 aliphatic carbocycles. The van der Waals surface area contributed by atoms with E-state index in [2.05, 4.69) is 6.07 Å². The number of aryl methyl sites for hydroxylation is 2. The van der Waals surface area contributed by atoms with Crippen LogP contribution >= 0.6 is 0 Å². The third-order valence-corrected chi connectivity index (χ3v) is 4.21. The molecule has 4 heteroatoms. The Morgan fingerprint density at radius 3 is 2.90 bits per heavy atom. The summed E-state index contributed by atoms with van der Waals surface area (Å²) in [6.45, 7) is 7.86. The van der Waals surface area contributed by atoms with E-state index in [0.29, 0.717) is 19.6 Å². The van der Waals surface area contributed by atoms with Crippen molar-refractivity contribution in [3.05, 3.63) is 29.3 Å². The number of carboxylic acids is 1. The molecule has 20 heavy (non-hydrogen) atoms. The zero-order chi connectivity index (χ0) is 14.8. The number of aliphatic carboxylic acids is 1. The Morgan fingerprint density at radius 2 is 2.20 bits per heavy atom. The van der Waals surface area contributed by atoms with Crippen LogP contribution < -0.4 is 4.74 Å². The average molecular weight is 277 g/mol. The van der Waals surface area contributed by atoms with Gasteiger partial charge < -0.3 is 9.84 Å². The van der Waals surface area contributed by atoms with Gasteiger partial charge in [0.05, 0.1) is 0 Å². The van der Waals surface area contributed by atoms with Gasteiger partial charge in [0.1, 0.15) is 17.9 Å². The number of benzene rings is 1. The third kappa shape index (κ3) is 2.96. The van der Waals surface area contributed by atoms with Gasteiger partial charge in [-0.05, 0) is 57.4 Å². The molecule has 1 aliphatic rings. The number of carbonyl (C=O) groups is 1. The molecule has 0 saturated carbocycles. The summed E-state index contributed by atoms with van der Waals surface area (Å²) in [7, 11) is 0. The summed E-state index contributed by atoms with van der Waals surface area (Å²) < 4.78 is 5.82. The van der Waals surface area contributed by atoms with Gasteiger partial charge in [0.15, 0.2) is 0 Å². The molecular weight excluding hydrogens is 254 g/mol. The summed E-state index contributed by atoms with van der Waals surface area (Å²) in [5.74, 6) is 0.156. The van der Waals surface area contributed by atoms with Gasteiger partial charge in [0.25, 0.3) is 0 Å². The molecule has 1 heterocycles. The smallest absolute Gasteiger partial charge is 0.323 e. The van der Waals surface area contributed by atoms with Gasteiger partial charge in [0, 0.05) is 6.54 Å². The van der Waals surface area contributed by atoms with Gasteiger partial charge in [0.2, 0.25) is 0 Å². The van der Waals surface area contributed by atoms with Crippen LogP contribution in [0.5, 0.6) is 5.75 Å². The van der Waals surface area contributed by atoms with Crippen LogP contribution in [0.4, 0.5) is 0 Å². The normalized spacial score (nSPS) is 22.9. The minimum absolute atomic E-state index is 0.521. The van der Waals surface area contributed by atoms with Crippen molar-refractivity contribution < 1.29 is 14.6 Å². The lowest BCUT2D eigenvalue weighted by Gasteiger charge is -2.30. The van der Waals surface area contributed by atoms with E-state index in [1.54, 1.807) is 6.92 Å². The fraction of sp³-hybridized carbons (Fsp3) is 0.562. The van der Waals surface area contributed by atoms with E-state index >= 15 is 0 Å². The highest BCUT2D eigenvalue weighted by Crippen LogP contribution is 2.29. The van der Waals surface area contributed by atoms with Crippen molar-refractivity contribution in [2.45, 2.75) is 39.2 Å². The first-order valence-corrected chi connectivity index (χ1v) is 7.12. The van der Waals surface area contributed by atoms with Crippen molar-refractivity contribution in [3.8, 4) is 5.75 Å². The lowest BCUT2D eigenvalue weighted by Crippen LogP contribution is -2.49. The third-order valence-electron chi connectivity index (χ3n) is 4.21. The lowest BCUT2D eigenvalue weighted by molar-refractivity contribution is -0.148. The van der Waals surface area contributed by atoms with Crippen LogP contribution in [0.1, 0.15) is 30.9 Å². The van der Waals surface area contributed by atoms with Crippen molar-refractivity contribution in [1.29, 1.82) is 0 Å². The fourth-order valence-corrected chi connectivity index (χ4v) is 2.75. The van der Waals surface area contributed by atoms with Gasteiger partial charge in [-0.25, -0.2) is 0 Å². The molecule has 2 rings (SSSR count). The van der Waals surface area contributed by atoms with E-state index in [1.165, 1.54) is 5.56 Å². The summed E-state index contributed by atoms with van der Waals surface area (Å²) in [4.78, 5) is 13.4. The van der Waals surface area contributed by atoms with Crippen LogP contribution in [-0.2, 0) is 4.79 Å². The molecule has 4 nitrogen and oxygen atoms in total. The SMILES string of the molecule is Cc1ccc(C)c(OCCN2CCCC2(C)C(=O)O)c1. The standard InChI is InChI=1S/C16H23NO3/c1-12-5-6-13(2)14(11-12)20-10-9-17-8-4-7-16(17,3)15(18)19/h5-6,11H,4,7-10H2,1-3H3,(H,18,19). The molecule has 0 spiro atoms. The maximum Gasteiger partial charge on any atom is 0.323 e. The topological polar surface area (TPSA) is 49.8 Å². The van der Waals surface area contributed by atoms with Crippen molar-refractivity contribution >= 4 is 5.97 Å². The first kappa shape index (κ1) is 14.9. The molecule has 0 aromatic heterocycles. The molecule has 0 amide bonds. The molecule has 1 atom stereocenters. The predicted molar refractivity (Wildman–Crippen MR) is 78.3 cm³/mol. The predicted octanol–water partition coefficient (Wildman–Crippen LogP) is 2.62. The maximum atomic E-state index is 11.4. The number of carboxylic acid groups (broad SMARTS) is 1. The summed E-state index contributed by atoms with van der Waals surface area (Å²) >= 11 is 0. The molecular formula is C16H23NO3. The summed E-state index contributed by atoms with van der Waals surface area (Å²) in [5.41, 5.74) is 1.55. The van der Waals surface area contributed by atoms with Gasteiger partial charge in [-0.1, -0.05) is 12.1 Å². The van der Waals surface area contributed by atoms with Gasteiger partial charge in [-0.2, -0.15) is 0 Å². The first-order chi connectivity index (χ1) is 9.43. The van der Waals surface area contributed by atoms with Gasteiger partial charge in [-0.15, -0.1) is 0 Å². The van der Waals surface area contributed by atoms with Crippen LogP contribution in [0, 0.1) is 13.8 Å². The monoisotopic (exact) mass is 277 g/mol. The Labute approximate surface area is 120 Å². The van der Waals surface area contributed by atoms with E-state index in [0.717, 1.165) is 24.3 Å². The van der Waals surface area contributed by atoms with Gasteiger partial charge >= 0.3 is 5.97 Å². The number of likely N-dealkylation sites (tertiary alicyclic amines) is 1. The zero-order valence-electron chi connectivity index (χ0n) is 12.5. The number of hydrogen-bond acceptors (Lipinski definition) is 3. The number of nitrogens with zero attached hydrogens (tertiary/aromatic N) is 1. The lowest BCUT2D eigenvalue weighted by atomic mass is 9.99. The molecule has 1 N–H and O–H groups in total. The van der Waals surface area contributed by atoms with E-state index in [-0.39, 0.29) is 0 Å². The van der Waals surface area contributed by atoms with Crippen LogP contribution in [0.25, 0.3) is 0 Å². The molecule has 0 radical (unpaired) electrons. The number of hydrogen-bond donors (Lipinski definition) is 1. The Bertz CT molecular complexity index is 500. The molecule has 1 aliphatic heterocycles. The van der Waals surface area contributed by atoms with Crippen molar-refractivity contribution in [1.82, 2.24) is 4.90 Å². The molecule has 1 unspecified atom stereocenters. The van der Waals surface area contributed by atoms with E-state index in [1.807, 2.05) is 30.9 Å². The number of rotatable bonds is 5. The van der Waals surface area contributed by atoms with Crippen LogP contribution in [0.3, 0.4) is 0 Å². The van der Waals surface area contributed by atoms with Crippen LogP contribution in [0.2, 0.25) is 0 Å². The second kappa shape index (κ2) is 5.83. The van der Waals surface area contributed by atoms with E-state index in [4.69, 9.17) is 4.74 Å². The molecule has 1 aromatic rings. The molecule has 1 fully saturated rings. The molecule has 1 aromatic carbocycles. The number of ether oxygens (including phenoxy) is 1. The molecule has 0 bridgehead atoms. The minimum Gasteiger partial charge on any atom is -0.492 e. The van der Waals surface area contributed by atoms with Crippen molar-refractivity contribution in [3.63, 3.8) is 0 Å². The van der Waals surface area contributed by atoms with E-state index in [9.17, 15) is 9.90 Å². The van der Waals surface area contributed by atoms with Crippen LogP contribution in [0.15, 0.2) is 18.2 Å². The fourth-order valence-electron chi connectivity index (χ4n) is 2.75.